The van der Waals surface area contributed by atoms with E-state index in [-0.39, 0.29) is 0 Å². The first kappa shape index (κ1) is 13.4. The van der Waals surface area contributed by atoms with E-state index < -0.39 is 0 Å². The number of benzene rings is 1. The molecule has 0 fully saturated rings. The molecule has 1 aromatic heterocycles. The Morgan fingerprint density at radius 1 is 1.28 bits per heavy atom. The summed E-state index contributed by atoms with van der Waals surface area (Å²) >= 11 is 6.03. The normalized spacial score (nSPS) is 13.1. The summed E-state index contributed by atoms with van der Waals surface area (Å²) in [6, 6.07) is 8.75. The zero-order chi connectivity index (χ0) is 13.0. The molecule has 1 unspecified atom stereocenters. The third-order valence-corrected chi connectivity index (χ3v) is 3.69. The fourth-order valence-electron chi connectivity index (χ4n) is 2.50. The van der Waals surface area contributed by atoms with Crippen molar-refractivity contribution in [3.8, 4) is 0 Å². The summed E-state index contributed by atoms with van der Waals surface area (Å²) < 4.78 is 2.30. The van der Waals surface area contributed by atoms with Crippen molar-refractivity contribution >= 4 is 22.6 Å². The number of fused-ring (bicyclic) bond motifs is 1. The van der Waals surface area contributed by atoms with Gasteiger partial charge in [-0.05, 0) is 25.5 Å². The lowest BCUT2D eigenvalue weighted by atomic mass is 10.1. The molecule has 18 heavy (non-hydrogen) atoms. The number of hydrogen-bond donors (Lipinski definition) is 0. The smallest absolute Gasteiger partial charge is 0.125 e. The van der Waals surface area contributed by atoms with Crippen LogP contribution in [0.15, 0.2) is 24.3 Å². The van der Waals surface area contributed by atoms with Gasteiger partial charge in [0, 0.05) is 6.04 Å². The second-order valence-corrected chi connectivity index (χ2v) is 5.13. The molecule has 0 saturated carbocycles. The lowest BCUT2D eigenvalue weighted by Crippen LogP contribution is -2.08. The fourth-order valence-corrected chi connectivity index (χ4v) is 2.69. The molecule has 0 amide bonds. The molecule has 1 aromatic carbocycles. The number of nitrogens with zero attached hydrogens (tertiary/aromatic N) is 2. The first-order valence-corrected chi connectivity index (χ1v) is 7.33. The largest absolute Gasteiger partial charge is 0.324 e. The van der Waals surface area contributed by atoms with Crippen molar-refractivity contribution in [3.63, 3.8) is 0 Å². The van der Waals surface area contributed by atoms with Gasteiger partial charge in [0.25, 0.3) is 0 Å². The second kappa shape index (κ2) is 6.24. The predicted molar refractivity (Wildman–Crippen MR) is 78.1 cm³/mol. The zero-order valence-corrected chi connectivity index (χ0v) is 12.0. The summed E-state index contributed by atoms with van der Waals surface area (Å²) in [5.41, 5.74) is 2.26. The van der Waals surface area contributed by atoms with Crippen molar-refractivity contribution in [1.82, 2.24) is 9.55 Å². The average Bonchev–Trinajstić information content (AvgIpc) is 2.77. The molecule has 0 spiro atoms. The van der Waals surface area contributed by atoms with Gasteiger partial charge in [-0.25, -0.2) is 4.98 Å². The highest BCUT2D eigenvalue weighted by Gasteiger charge is 2.14. The van der Waals surface area contributed by atoms with Crippen LogP contribution in [0.2, 0.25) is 0 Å². The quantitative estimate of drug-likeness (QED) is 0.535. The zero-order valence-electron chi connectivity index (χ0n) is 11.2. The van der Waals surface area contributed by atoms with Crippen molar-refractivity contribution in [2.45, 2.75) is 51.5 Å². The Morgan fingerprint density at radius 3 is 2.78 bits per heavy atom. The first-order valence-electron chi connectivity index (χ1n) is 6.79. The highest BCUT2D eigenvalue weighted by molar-refractivity contribution is 6.16. The van der Waals surface area contributed by atoms with Gasteiger partial charge in [0.15, 0.2) is 0 Å². The Morgan fingerprint density at radius 2 is 2.06 bits per heavy atom. The number of unbranched alkanes of at least 4 members (excludes halogenated alkanes) is 2. The van der Waals surface area contributed by atoms with Crippen LogP contribution in [0.25, 0.3) is 11.0 Å². The number of halogens is 1. The molecule has 0 bridgehead atoms. The van der Waals surface area contributed by atoms with E-state index in [1.165, 1.54) is 31.2 Å². The Kier molecular flexibility index (Phi) is 4.65. The molecule has 0 N–H and O–H groups in total. The molecule has 0 aliphatic rings. The highest BCUT2D eigenvalue weighted by atomic mass is 35.5. The van der Waals surface area contributed by atoms with Gasteiger partial charge in [0.1, 0.15) is 5.82 Å². The van der Waals surface area contributed by atoms with Crippen LogP contribution >= 0.6 is 11.6 Å². The van der Waals surface area contributed by atoms with E-state index in [0.29, 0.717) is 11.9 Å². The molecule has 0 aliphatic heterocycles. The fraction of sp³-hybridized carbons (Fsp3) is 0.533. The highest BCUT2D eigenvalue weighted by Crippen LogP contribution is 2.25. The van der Waals surface area contributed by atoms with Crippen LogP contribution in [0.1, 0.15) is 51.4 Å². The number of imidazole rings is 1. The molecule has 2 rings (SSSR count). The van der Waals surface area contributed by atoms with Gasteiger partial charge < -0.3 is 4.57 Å². The van der Waals surface area contributed by atoms with Crippen molar-refractivity contribution < 1.29 is 0 Å². The summed E-state index contributed by atoms with van der Waals surface area (Å²) in [4.78, 5) is 4.61. The third-order valence-electron chi connectivity index (χ3n) is 3.45. The van der Waals surface area contributed by atoms with Gasteiger partial charge in [0.2, 0.25) is 0 Å². The van der Waals surface area contributed by atoms with Gasteiger partial charge in [-0.15, -0.1) is 11.6 Å². The molecule has 2 nitrogen and oxygen atoms in total. The molecule has 1 atom stereocenters. The summed E-state index contributed by atoms with van der Waals surface area (Å²) in [5, 5.41) is 0. The van der Waals surface area contributed by atoms with Crippen molar-refractivity contribution in [3.05, 3.63) is 30.1 Å². The Bertz CT molecular complexity index is 504. The molecule has 0 aliphatic carbocycles. The lowest BCUT2D eigenvalue weighted by Gasteiger charge is -2.16. The maximum Gasteiger partial charge on any atom is 0.125 e. The van der Waals surface area contributed by atoms with Crippen LogP contribution in [0, 0.1) is 0 Å². The topological polar surface area (TPSA) is 17.8 Å². The van der Waals surface area contributed by atoms with E-state index in [0.717, 1.165) is 11.3 Å². The summed E-state index contributed by atoms with van der Waals surface area (Å²) in [6.45, 7) is 4.50. The molecule has 98 valence electrons. The Balaban J connectivity index is 2.29. The Hall–Kier alpha value is -1.02. The van der Waals surface area contributed by atoms with Gasteiger partial charge in [-0.2, -0.15) is 0 Å². The maximum atomic E-state index is 6.03. The molecule has 2 aromatic rings. The standard InChI is InChI=1S/C15H21ClN2/c1-3-4-5-8-12(2)18-14-10-7-6-9-13(14)17-15(18)11-16/h6-7,9-10,12H,3-5,8,11H2,1-2H3. The van der Waals surface area contributed by atoms with E-state index >= 15 is 0 Å². The first-order chi connectivity index (χ1) is 8.77. The molecule has 3 heteroatoms. The van der Waals surface area contributed by atoms with Crippen LogP contribution < -0.4 is 0 Å². The summed E-state index contributed by atoms with van der Waals surface area (Å²) in [7, 11) is 0. The maximum absolute atomic E-state index is 6.03. The third kappa shape index (κ3) is 2.69. The van der Waals surface area contributed by atoms with Gasteiger partial charge in [-0.1, -0.05) is 38.3 Å². The summed E-state index contributed by atoms with van der Waals surface area (Å²) in [6.07, 6.45) is 5.02. The minimum Gasteiger partial charge on any atom is -0.324 e. The second-order valence-electron chi connectivity index (χ2n) is 4.87. The molecular formula is C15H21ClN2. The van der Waals surface area contributed by atoms with Crippen molar-refractivity contribution in [2.24, 2.45) is 0 Å². The van der Waals surface area contributed by atoms with Crippen LogP contribution in [-0.4, -0.2) is 9.55 Å². The van der Waals surface area contributed by atoms with E-state index in [1.807, 2.05) is 6.07 Å². The van der Waals surface area contributed by atoms with Crippen LogP contribution in [0.3, 0.4) is 0 Å². The van der Waals surface area contributed by atoms with Crippen LogP contribution in [0.5, 0.6) is 0 Å². The van der Waals surface area contributed by atoms with E-state index in [1.54, 1.807) is 0 Å². The van der Waals surface area contributed by atoms with Gasteiger partial charge >= 0.3 is 0 Å². The number of aromatic nitrogens is 2. The molecule has 0 saturated heterocycles. The number of rotatable bonds is 6. The van der Waals surface area contributed by atoms with E-state index in [9.17, 15) is 0 Å². The van der Waals surface area contributed by atoms with E-state index in [2.05, 4.69) is 41.6 Å². The summed E-state index contributed by atoms with van der Waals surface area (Å²) in [5.74, 6) is 1.47. The van der Waals surface area contributed by atoms with Crippen molar-refractivity contribution in [2.75, 3.05) is 0 Å². The van der Waals surface area contributed by atoms with Crippen molar-refractivity contribution in [1.29, 1.82) is 0 Å². The number of para-hydroxylation sites is 2. The van der Waals surface area contributed by atoms with Gasteiger partial charge in [-0.3, -0.25) is 0 Å². The minimum atomic E-state index is 0.470. The lowest BCUT2D eigenvalue weighted by molar-refractivity contribution is 0.477. The van der Waals surface area contributed by atoms with Crippen LogP contribution in [0.4, 0.5) is 0 Å². The van der Waals surface area contributed by atoms with E-state index in [4.69, 9.17) is 11.6 Å². The molecular weight excluding hydrogens is 244 g/mol. The predicted octanol–water partition coefficient (Wildman–Crippen LogP) is 4.92. The monoisotopic (exact) mass is 264 g/mol. The molecule has 0 radical (unpaired) electrons. The Labute approximate surface area is 114 Å². The molecule has 1 heterocycles. The average molecular weight is 265 g/mol. The van der Waals surface area contributed by atoms with Gasteiger partial charge in [0.05, 0.1) is 16.9 Å². The minimum absolute atomic E-state index is 0.470. The van der Waals surface area contributed by atoms with Crippen LogP contribution in [-0.2, 0) is 5.88 Å². The SMILES string of the molecule is CCCCCC(C)n1c(CCl)nc2ccccc21. The number of hydrogen-bond acceptors (Lipinski definition) is 1. The number of alkyl halides is 1.